The molecule has 0 aliphatic rings. The number of anilines is 3. The highest BCUT2D eigenvalue weighted by Crippen LogP contribution is 2.38. The topological polar surface area (TPSA) is 122 Å². The Kier molecular flexibility index (Phi) is 12.0. The van der Waals surface area contributed by atoms with Crippen LogP contribution in [0, 0.1) is 0 Å². The van der Waals surface area contributed by atoms with Gasteiger partial charge in [0.15, 0.2) is 0 Å². The highest BCUT2D eigenvalue weighted by Gasteiger charge is 2.17. The Morgan fingerprint density at radius 2 is 1.90 bits per heavy atom. The van der Waals surface area contributed by atoms with Crippen LogP contribution in [-0.4, -0.2) is 69.9 Å². The van der Waals surface area contributed by atoms with Crippen molar-refractivity contribution in [2.75, 3.05) is 45.0 Å². The minimum atomic E-state index is -0.360. The lowest BCUT2D eigenvalue weighted by atomic mass is 10.2. The van der Waals surface area contributed by atoms with Crippen molar-refractivity contribution in [3.63, 3.8) is 0 Å². The summed E-state index contributed by atoms with van der Waals surface area (Å²) in [5.41, 5.74) is 3.28. The van der Waals surface area contributed by atoms with Crippen LogP contribution in [0.25, 0.3) is 22.3 Å². The van der Waals surface area contributed by atoms with Gasteiger partial charge in [-0.15, -0.1) is 0 Å². The molecule has 3 heterocycles. The van der Waals surface area contributed by atoms with Crippen LogP contribution in [0.3, 0.4) is 0 Å². The molecule has 0 atom stereocenters. The summed E-state index contributed by atoms with van der Waals surface area (Å²) in [6, 6.07) is 5.36. The van der Waals surface area contributed by atoms with Gasteiger partial charge in [0.25, 0.3) is 0 Å². The number of hydrogen-bond donors (Lipinski definition) is 3. The number of likely N-dealkylation sites (N-methyl/N-ethyl adjacent to an activating group) is 1. The number of fused-ring (bicyclic) bond motifs is 1. The van der Waals surface area contributed by atoms with E-state index < -0.39 is 0 Å². The van der Waals surface area contributed by atoms with E-state index in [1.807, 2.05) is 72.2 Å². The monoisotopic (exact) mass is 536 g/mol. The summed E-state index contributed by atoms with van der Waals surface area (Å²) in [4.78, 5) is 26.5. The molecular formula is C28H40N8O3. The van der Waals surface area contributed by atoms with Gasteiger partial charge < -0.3 is 30.0 Å². The summed E-state index contributed by atoms with van der Waals surface area (Å²) in [6.45, 7) is 12.7. The number of hydrogen-bond acceptors (Lipinski definition) is 8. The number of nitrogens with one attached hydrogen (secondary N) is 3. The smallest absolute Gasteiger partial charge is 0.247 e. The maximum Gasteiger partial charge on any atom is 0.247 e. The van der Waals surface area contributed by atoms with Gasteiger partial charge in [0.2, 0.25) is 11.9 Å². The second kappa shape index (κ2) is 15.1. The van der Waals surface area contributed by atoms with Crippen molar-refractivity contribution >= 4 is 34.3 Å². The Bertz CT molecular complexity index is 1360. The number of aromatic amines is 1. The number of ether oxygens (including phenoxy) is 2. The third-order valence-electron chi connectivity index (χ3n) is 5.18. The van der Waals surface area contributed by atoms with Crippen LogP contribution >= 0.6 is 0 Å². The average Bonchev–Trinajstić information content (AvgIpc) is 3.60. The van der Waals surface area contributed by atoms with Gasteiger partial charge in [-0.05, 0) is 32.3 Å². The first-order chi connectivity index (χ1) is 18.9. The van der Waals surface area contributed by atoms with E-state index >= 15 is 0 Å². The van der Waals surface area contributed by atoms with Crippen molar-refractivity contribution in [1.82, 2.24) is 29.6 Å². The lowest BCUT2D eigenvalue weighted by molar-refractivity contribution is -0.111. The predicted molar refractivity (Wildman–Crippen MR) is 158 cm³/mol. The van der Waals surface area contributed by atoms with Crippen molar-refractivity contribution in [1.29, 1.82) is 0 Å². The lowest BCUT2D eigenvalue weighted by Crippen LogP contribution is -2.20. The van der Waals surface area contributed by atoms with Crippen LogP contribution in [0.1, 0.15) is 27.7 Å². The van der Waals surface area contributed by atoms with E-state index in [0.29, 0.717) is 47.6 Å². The fourth-order valence-electron chi connectivity index (χ4n) is 3.45. The molecule has 0 saturated carbocycles. The van der Waals surface area contributed by atoms with E-state index in [1.54, 1.807) is 30.1 Å². The largest absolute Gasteiger partial charge is 0.494 e. The fraction of sp³-hybridized carbons (Fsp3) is 0.357. The van der Waals surface area contributed by atoms with E-state index in [1.165, 1.54) is 6.08 Å². The molecule has 4 aromatic rings. The van der Waals surface area contributed by atoms with Crippen LogP contribution < -0.4 is 20.1 Å². The molecule has 1 amide bonds. The number of carbonyl (C=O) groups excluding carboxylic acids is 1. The molecule has 0 radical (unpaired) electrons. The molecule has 11 heteroatoms. The Balaban J connectivity index is 0.00000127. The SMILES string of the molecule is C=CC(=O)Nc1cc(Nc2nc(-c3cnn(C)c3)c3cc[nH]c3n2)c(OC)cc1OCCN(C)C.CC.CC. The van der Waals surface area contributed by atoms with E-state index in [4.69, 9.17) is 14.5 Å². The van der Waals surface area contributed by atoms with Gasteiger partial charge >= 0.3 is 0 Å². The van der Waals surface area contributed by atoms with Gasteiger partial charge in [-0.2, -0.15) is 10.1 Å². The zero-order valence-electron chi connectivity index (χ0n) is 24.1. The van der Waals surface area contributed by atoms with E-state index in [-0.39, 0.29) is 5.91 Å². The maximum absolute atomic E-state index is 12.1. The Hall–Kier alpha value is -4.38. The minimum absolute atomic E-state index is 0.347. The second-order valence-electron chi connectivity index (χ2n) is 8.06. The van der Waals surface area contributed by atoms with Crippen molar-refractivity contribution < 1.29 is 14.3 Å². The molecule has 11 nitrogen and oxygen atoms in total. The number of nitrogens with zero attached hydrogens (tertiary/aromatic N) is 5. The summed E-state index contributed by atoms with van der Waals surface area (Å²) in [5, 5.41) is 11.1. The molecule has 0 aliphatic carbocycles. The van der Waals surface area contributed by atoms with Crippen LogP contribution in [-0.2, 0) is 11.8 Å². The summed E-state index contributed by atoms with van der Waals surface area (Å²) in [5.74, 6) is 0.960. The molecule has 0 spiro atoms. The first kappa shape index (κ1) is 30.8. The number of H-pyrrole nitrogens is 1. The summed E-state index contributed by atoms with van der Waals surface area (Å²) in [6.07, 6.45) is 6.65. The Morgan fingerprint density at radius 1 is 1.15 bits per heavy atom. The predicted octanol–water partition coefficient (Wildman–Crippen LogP) is 5.23. The fourth-order valence-corrected chi connectivity index (χ4v) is 3.45. The number of rotatable bonds is 10. The van der Waals surface area contributed by atoms with Crippen LogP contribution in [0.15, 0.2) is 49.4 Å². The van der Waals surface area contributed by atoms with E-state index in [2.05, 4.69) is 32.3 Å². The average molecular weight is 537 g/mol. The number of methoxy groups -OCH3 is 1. The summed E-state index contributed by atoms with van der Waals surface area (Å²) < 4.78 is 13.2. The van der Waals surface area contributed by atoms with Crippen molar-refractivity contribution in [3.05, 3.63) is 49.4 Å². The van der Waals surface area contributed by atoms with Crippen molar-refractivity contribution in [2.45, 2.75) is 27.7 Å². The van der Waals surface area contributed by atoms with Gasteiger partial charge in [-0.1, -0.05) is 34.3 Å². The van der Waals surface area contributed by atoms with Gasteiger partial charge in [0, 0.05) is 43.0 Å². The lowest BCUT2D eigenvalue weighted by Gasteiger charge is -2.18. The molecule has 0 saturated heterocycles. The van der Waals surface area contributed by atoms with Crippen molar-refractivity contribution in [3.8, 4) is 22.8 Å². The van der Waals surface area contributed by atoms with Gasteiger partial charge in [-0.25, -0.2) is 4.98 Å². The molecule has 1 aromatic carbocycles. The van der Waals surface area contributed by atoms with Gasteiger partial charge in [-0.3, -0.25) is 9.48 Å². The molecule has 0 bridgehead atoms. The Labute approximate surface area is 230 Å². The first-order valence-corrected chi connectivity index (χ1v) is 12.9. The molecule has 4 rings (SSSR count). The molecule has 0 unspecified atom stereocenters. The van der Waals surface area contributed by atoms with Gasteiger partial charge in [0.1, 0.15) is 23.8 Å². The highest BCUT2D eigenvalue weighted by atomic mass is 16.5. The highest BCUT2D eigenvalue weighted by molar-refractivity contribution is 6.00. The summed E-state index contributed by atoms with van der Waals surface area (Å²) >= 11 is 0. The van der Waals surface area contributed by atoms with Crippen LogP contribution in [0.2, 0.25) is 0 Å². The quantitative estimate of drug-likeness (QED) is 0.236. The van der Waals surface area contributed by atoms with E-state index in [0.717, 1.165) is 16.6 Å². The number of benzene rings is 1. The van der Waals surface area contributed by atoms with Crippen LogP contribution in [0.4, 0.5) is 17.3 Å². The Morgan fingerprint density at radius 3 is 2.51 bits per heavy atom. The summed E-state index contributed by atoms with van der Waals surface area (Å²) in [7, 11) is 7.32. The number of carbonyl (C=O) groups is 1. The minimum Gasteiger partial charge on any atom is -0.494 e. The molecule has 0 fully saturated rings. The number of amides is 1. The standard InChI is InChI=1S/C24H28N8O3.2C2H6/c1-6-21(33)27-18-11-17(19(34-5)12-20(18)35-10-9-31(2)3)28-24-29-22(15-13-26-32(4)14-15)16-7-8-25-23(16)30-24;2*1-2/h6-8,11-14H,1,9-10H2,2-5H3,(H,27,33)(H2,25,28,29,30);2*1-2H3. The zero-order valence-corrected chi connectivity index (χ0v) is 24.1. The number of aromatic nitrogens is 5. The molecule has 0 aliphatic heterocycles. The molecule has 3 aromatic heterocycles. The van der Waals surface area contributed by atoms with Gasteiger partial charge in [0.05, 0.1) is 30.4 Å². The molecule has 39 heavy (non-hydrogen) atoms. The molecule has 210 valence electrons. The third kappa shape index (κ3) is 8.05. The maximum atomic E-state index is 12.1. The van der Waals surface area contributed by atoms with Crippen LogP contribution in [0.5, 0.6) is 11.5 Å². The van der Waals surface area contributed by atoms with Crippen molar-refractivity contribution in [2.24, 2.45) is 7.05 Å². The zero-order chi connectivity index (χ0) is 28.9. The molecular weight excluding hydrogens is 496 g/mol. The molecule has 3 N–H and O–H groups in total. The normalized spacial score (nSPS) is 10.2. The number of aryl methyl sites for hydroxylation is 1. The second-order valence-corrected chi connectivity index (χ2v) is 8.06. The third-order valence-corrected chi connectivity index (χ3v) is 5.18. The first-order valence-electron chi connectivity index (χ1n) is 12.9. The van der Waals surface area contributed by atoms with E-state index in [9.17, 15) is 4.79 Å².